The molecule has 8 atom stereocenters. The molecule has 0 aliphatic heterocycles. The van der Waals surface area contributed by atoms with E-state index in [0.717, 1.165) is 36.5 Å². The fraction of sp³-hybridized carbons (Fsp3) is 0.926. The van der Waals surface area contributed by atoms with Crippen LogP contribution in [0.1, 0.15) is 67.2 Å². The highest BCUT2D eigenvalue weighted by Gasteiger charge is 2.59. The summed E-state index contributed by atoms with van der Waals surface area (Å²) >= 11 is 0. The first-order valence-corrected chi connectivity index (χ1v) is 16.8. The Morgan fingerprint density at radius 1 is 0.812 bits per heavy atom. The largest absolute Gasteiger partial charge is 0.546 e. The van der Waals surface area contributed by atoms with E-state index in [2.05, 4.69) is 72.6 Å². The van der Waals surface area contributed by atoms with Gasteiger partial charge in [0.25, 0.3) is 0 Å². The first-order chi connectivity index (χ1) is 14.7. The zero-order valence-electron chi connectivity index (χ0n) is 22.5. The van der Waals surface area contributed by atoms with Crippen molar-refractivity contribution in [2.24, 2.45) is 46.3 Å². The molecule has 6 fully saturated rings. The van der Waals surface area contributed by atoms with E-state index >= 15 is 0 Å². The van der Waals surface area contributed by atoms with Crippen molar-refractivity contribution >= 4 is 14.8 Å². The summed E-state index contributed by atoms with van der Waals surface area (Å²) in [6.45, 7) is 19.6. The molecule has 0 N–H and O–H groups in total. The predicted molar refractivity (Wildman–Crippen MR) is 137 cm³/mol. The van der Waals surface area contributed by atoms with Gasteiger partial charge >= 0.3 is 6.75 Å². The van der Waals surface area contributed by atoms with Gasteiger partial charge in [0, 0.05) is 12.2 Å². The molecule has 182 valence electrons. The first-order valence-electron chi connectivity index (χ1n) is 13.3. The van der Waals surface area contributed by atoms with Crippen molar-refractivity contribution in [2.75, 3.05) is 7.11 Å². The highest BCUT2D eigenvalue weighted by Crippen LogP contribution is 2.63. The second-order valence-electron chi connectivity index (χ2n) is 14.0. The third kappa shape index (κ3) is 4.17. The van der Waals surface area contributed by atoms with Gasteiger partial charge in [0.15, 0.2) is 0 Å². The normalized spacial score (nSPS) is 41.7. The molecule has 0 unspecified atom stereocenters. The Labute approximate surface area is 199 Å². The zero-order chi connectivity index (χ0) is 23.7. The summed E-state index contributed by atoms with van der Waals surface area (Å²) in [7, 11) is 0.319. The van der Waals surface area contributed by atoms with Crippen LogP contribution in [0.25, 0.3) is 0 Å². The maximum Gasteiger partial charge on any atom is 0.390 e. The first kappa shape index (κ1) is 24.8. The molecule has 0 saturated heterocycles. The minimum absolute atomic E-state index is 0.213. The average molecular weight is 460 g/mol. The monoisotopic (exact) mass is 459 g/mol. The molecule has 0 spiro atoms. The van der Waals surface area contributed by atoms with Gasteiger partial charge in [-0.3, -0.25) is 0 Å². The fourth-order valence-corrected chi connectivity index (χ4v) is 8.49. The Balaban J connectivity index is 1.54. The number of rotatable bonds is 6. The molecule has 6 rings (SSSR count). The smallest absolute Gasteiger partial charge is 0.390 e. The van der Waals surface area contributed by atoms with Gasteiger partial charge in [-0.05, 0) is 85.5 Å². The number of fused-ring (bicyclic) bond motifs is 4. The topological polar surface area (TPSA) is 27.7 Å². The van der Waals surface area contributed by atoms with E-state index in [1.807, 2.05) is 0 Å². The maximum absolute atomic E-state index is 6.93. The van der Waals surface area contributed by atoms with Gasteiger partial charge in [0.1, 0.15) is 8.07 Å². The van der Waals surface area contributed by atoms with E-state index in [4.69, 9.17) is 14.0 Å². The van der Waals surface area contributed by atoms with Crippen LogP contribution in [0.5, 0.6) is 0 Å². The van der Waals surface area contributed by atoms with Gasteiger partial charge in [-0.15, -0.1) is 11.5 Å². The Bertz CT molecular complexity index is 732. The zero-order valence-corrected chi connectivity index (χ0v) is 23.5. The quantitative estimate of drug-likeness (QED) is 0.330. The Kier molecular flexibility index (Phi) is 6.32. The lowest BCUT2D eigenvalue weighted by atomic mass is 9.44. The third-order valence-corrected chi connectivity index (χ3v) is 11.4. The highest BCUT2D eigenvalue weighted by molar-refractivity contribution is 6.84. The van der Waals surface area contributed by atoms with Crippen molar-refractivity contribution in [3.8, 4) is 11.5 Å². The minimum atomic E-state index is -1.88. The van der Waals surface area contributed by atoms with Gasteiger partial charge < -0.3 is 14.0 Å². The second kappa shape index (κ2) is 8.15. The van der Waals surface area contributed by atoms with Crippen LogP contribution in [0.3, 0.4) is 0 Å². The lowest BCUT2D eigenvalue weighted by molar-refractivity contribution is -0.179. The van der Waals surface area contributed by atoms with Gasteiger partial charge in [0.05, 0.1) is 0 Å². The van der Waals surface area contributed by atoms with Crippen LogP contribution in [0.2, 0.25) is 26.0 Å². The van der Waals surface area contributed by atoms with Gasteiger partial charge in [-0.1, -0.05) is 61.2 Å². The van der Waals surface area contributed by atoms with Crippen molar-refractivity contribution in [3.63, 3.8) is 0 Å². The van der Waals surface area contributed by atoms with Crippen molar-refractivity contribution < 1.29 is 14.0 Å². The summed E-state index contributed by atoms with van der Waals surface area (Å²) in [5.41, 5.74) is 4.43. The van der Waals surface area contributed by atoms with Gasteiger partial charge in [-0.2, -0.15) is 0 Å². The summed E-state index contributed by atoms with van der Waals surface area (Å²) in [4.78, 5) is 0. The molecule has 6 saturated carbocycles. The van der Waals surface area contributed by atoms with E-state index in [1.54, 1.807) is 7.11 Å². The van der Waals surface area contributed by atoms with E-state index in [-0.39, 0.29) is 12.2 Å². The molecule has 5 heteroatoms. The van der Waals surface area contributed by atoms with Crippen molar-refractivity contribution in [1.82, 2.24) is 0 Å². The molecular weight excluding hydrogens is 411 g/mol. The number of hydrogen-bond acceptors (Lipinski definition) is 3. The van der Waals surface area contributed by atoms with Crippen molar-refractivity contribution in [1.29, 1.82) is 0 Å². The summed E-state index contributed by atoms with van der Waals surface area (Å²) in [6.07, 6.45) is 5.95. The maximum atomic E-state index is 6.93. The molecule has 0 aromatic rings. The predicted octanol–water partition coefficient (Wildman–Crippen LogP) is 6.63. The van der Waals surface area contributed by atoms with Crippen molar-refractivity contribution in [3.05, 3.63) is 0 Å². The molecule has 0 amide bonds. The molecule has 6 aliphatic rings. The average Bonchev–Trinajstić information content (AvgIpc) is 2.68. The van der Waals surface area contributed by atoms with E-state index in [0.29, 0.717) is 29.0 Å². The summed E-state index contributed by atoms with van der Waals surface area (Å²) < 4.78 is 20.1. The molecule has 0 heterocycles. The summed E-state index contributed by atoms with van der Waals surface area (Å²) in [5.74, 6) is 7.55. The third-order valence-electron chi connectivity index (χ3n) is 10.5. The van der Waals surface area contributed by atoms with Crippen LogP contribution in [0.15, 0.2) is 0 Å². The lowest BCUT2D eigenvalue weighted by Gasteiger charge is -2.65. The van der Waals surface area contributed by atoms with E-state index < -0.39 is 14.8 Å². The van der Waals surface area contributed by atoms with E-state index in [9.17, 15) is 0 Å². The molecule has 32 heavy (non-hydrogen) atoms. The lowest BCUT2D eigenvalue weighted by Crippen LogP contribution is -2.63. The molecule has 4 bridgehead atoms. The molecule has 0 radical (unpaired) electrons. The van der Waals surface area contributed by atoms with Crippen LogP contribution in [0.4, 0.5) is 0 Å². The Morgan fingerprint density at radius 3 is 1.56 bits per heavy atom. The number of hydrogen-bond donors (Lipinski definition) is 0. The Hall–Kier alpha value is -0.278. The van der Waals surface area contributed by atoms with Crippen LogP contribution < -0.4 is 0 Å². The standard InChI is InChI=1S/C27H48BO3Si/c1-18-22-14-20(26(22,3)4)16-24(18)30-28(29-7,12-11-13-32(8,9)10)31-25-17-21-15-23(19(25)2)27(21,5)6/h18-25H,12,14-17H2,1-10H3/q-1/t18-,19-,20+,21+,22-,23-,24-,25-/m1/s1. The van der Waals surface area contributed by atoms with E-state index in [1.165, 1.54) is 12.8 Å². The minimum Gasteiger partial charge on any atom is -0.546 e. The van der Waals surface area contributed by atoms with Crippen LogP contribution in [0, 0.1) is 57.8 Å². The fourth-order valence-electron chi connectivity index (χ4n) is 7.86. The summed E-state index contributed by atoms with van der Waals surface area (Å²) in [6, 6.07) is 0. The van der Waals surface area contributed by atoms with Gasteiger partial charge in [0.2, 0.25) is 0 Å². The van der Waals surface area contributed by atoms with Gasteiger partial charge in [-0.25, -0.2) is 0 Å². The molecule has 6 aliphatic carbocycles. The second-order valence-corrected chi connectivity index (χ2v) is 18.8. The van der Waals surface area contributed by atoms with Crippen LogP contribution in [-0.2, 0) is 14.0 Å². The SMILES string of the molecule is CO[B-](CC#C[Si](C)(C)C)(O[C@@H]1C[C@@H]2C[C@H]([C@H]1C)C2(C)C)O[C@@H]1C[C@@H]2C[C@H]([C@H]1C)C2(C)C. The Morgan fingerprint density at radius 2 is 1.25 bits per heavy atom. The molecule has 3 nitrogen and oxygen atoms in total. The van der Waals surface area contributed by atoms with Crippen LogP contribution >= 0.6 is 0 Å². The van der Waals surface area contributed by atoms with Crippen LogP contribution in [-0.4, -0.2) is 34.1 Å². The van der Waals surface area contributed by atoms with Crippen molar-refractivity contribution in [2.45, 2.75) is 105 Å². The molecular formula is C27H48BO3Si-. The highest BCUT2D eigenvalue weighted by atomic mass is 28.3. The summed E-state index contributed by atoms with van der Waals surface area (Å²) in [5, 5.41) is 0. The molecule has 0 aromatic heterocycles. The molecule has 0 aromatic carbocycles.